The Morgan fingerprint density at radius 3 is 2.57 bits per heavy atom. The van der Waals surface area contributed by atoms with Gasteiger partial charge in [0.1, 0.15) is 11.6 Å². The summed E-state index contributed by atoms with van der Waals surface area (Å²) in [5, 5.41) is 0. The maximum Gasteiger partial charge on any atom is 0.138 e. The van der Waals surface area contributed by atoms with Crippen LogP contribution in [0.1, 0.15) is 19.4 Å². The fourth-order valence-corrected chi connectivity index (χ4v) is 2.23. The summed E-state index contributed by atoms with van der Waals surface area (Å²) in [6, 6.07) is 14.3. The van der Waals surface area contributed by atoms with Crippen molar-refractivity contribution in [3.8, 4) is 17.1 Å². The molecule has 0 atom stereocenters. The van der Waals surface area contributed by atoms with E-state index in [1.165, 1.54) is 5.56 Å². The number of nitrogens with one attached hydrogen (secondary N) is 1. The molecule has 0 aliphatic carbocycles. The molecule has 0 unspecified atom stereocenters. The second-order valence-corrected chi connectivity index (χ2v) is 5.84. The van der Waals surface area contributed by atoms with E-state index in [1.807, 2.05) is 30.3 Å². The lowest BCUT2D eigenvalue weighted by Gasteiger charge is -2.08. The van der Waals surface area contributed by atoms with Crippen LogP contribution in [0.2, 0.25) is 0 Å². The van der Waals surface area contributed by atoms with Gasteiger partial charge in [-0.15, -0.1) is 0 Å². The highest BCUT2D eigenvalue weighted by atomic mass is 16.5. The molecule has 0 radical (unpaired) electrons. The van der Waals surface area contributed by atoms with Gasteiger partial charge < -0.3 is 9.72 Å². The van der Waals surface area contributed by atoms with E-state index >= 15 is 0 Å². The summed E-state index contributed by atoms with van der Waals surface area (Å²) in [7, 11) is 0. The average Bonchev–Trinajstić information content (AvgIpc) is 2.88. The monoisotopic (exact) mass is 280 g/mol. The number of H-pyrrole nitrogens is 1. The van der Waals surface area contributed by atoms with Gasteiger partial charge in [-0.05, 0) is 54.8 Å². The Labute approximate surface area is 125 Å². The van der Waals surface area contributed by atoms with Crippen molar-refractivity contribution in [2.45, 2.75) is 20.8 Å². The molecule has 1 N–H and O–H groups in total. The second-order valence-electron chi connectivity index (χ2n) is 5.84. The molecule has 0 amide bonds. The van der Waals surface area contributed by atoms with Gasteiger partial charge in [0, 0.05) is 5.56 Å². The van der Waals surface area contributed by atoms with Crippen molar-refractivity contribution in [1.29, 1.82) is 0 Å². The summed E-state index contributed by atoms with van der Waals surface area (Å²) in [5.74, 6) is 2.33. The molecule has 0 fully saturated rings. The molecule has 0 saturated carbocycles. The molecule has 0 aliphatic heterocycles. The quantitative estimate of drug-likeness (QED) is 0.760. The maximum absolute atomic E-state index is 5.70. The topological polar surface area (TPSA) is 37.9 Å². The minimum atomic E-state index is 0.531. The highest BCUT2D eigenvalue weighted by Gasteiger charge is 2.06. The summed E-state index contributed by atoms with van der Waals surface area (Å²) in [5.41, 5.74) is 4.37. The minimum absolute atomic E-state index is 0.531. The minimum Gasteiger partial charge on any atom is -0.493 e. The number of imidazole rings is 1. The molecule has 0 bridgehead atoms. The van der Waals surface area contributed by atoms with Gasteiger partial charge in [0.15, 0.2) is 0 Å². The van der Waals surface area contributed by atoms with Crippen LogP contribution in [-0.4, -0.2) is 16.6 Å². The number of hydrogen-bond donors (Lipinski definition) is 1. The normalized spacial score (nSPS) is 11.2. The van der Waals surface area contributed by atoms with Gasteiger partial charge in [0.25, 0.3) is 0 Å². The van der Waals surface area contributed by atoms with Gasteiger partial charge in [0.05, 0.1) is 17.6 Å². The first-order valence-corrected chi connectivity index (χ1v) is 7.31. The van der Waals surface area contributed by atoms with Gasteiger partial charge in [0.2, 0.25) is 0 Å². The SMILES string of the molecule is Cc1ccc2nc(-c3ccc(OCC(C)C)cc3)[nH]c2c1. The van der Waals surface area contributed by atoms with Gasteiger partial charge in [-0.3, -0.25) is 0 Å². The van der Waals surface area contributed by atoms with Crippen molar-refractivity contribution in [2.75, 3.05) is 6.61 Å². The fourth-order valence-electron chi connectivity index (χ4n) is 2.23. The number of benzene rings is 2. The summed E-state index contributed by atoms with van der Waals surface area (Å²) >= 11 is 0. The van der Waals surface area contributed by atoms with Crippen LogP contribution < -0.4 is 4.74 Å². The standard InChI is InChI=1S/C18H20N2O/c1-12(2)11-21-15-7-5-14(6-8-15)18-19-16-9-4-13(3)10-17(16)20-18/h4-10,12H,11H2,1-3H3,(H,19,20). The molecular weight excluding hydrogens is 260 g/mol. The highest BCUT2D eigenvalue weighted by Crippen LogP contribution is 2.23. The molecule has 1 aromatic heterocycles. The lowest BCUT2D eigenvalue weighted by Crippen LogP contribution is -2.04. The van der Waals surface area contributed by atoms with Crippen molar-refractivity contribution in [2.24, 2.45) is 5.92 Å². The Morgan fingerprint density at radius 1 is 1.10 bits per heavy atom. The van der Waals surface area contributed by atoms with Crippen LogP contribution >= 0.6 is 0 Å². The Morgan fingerprint density at radius 2 is 1.86 bits per heavy atom. The van der Waals surface area contributed by atoms with Crippen molar-refractivity contribution in [3.05, 3.63) is 48.0 Å². The molecule has 2 aromatic carbocycles. The van der Waals surface area contributed by atoms with E-state index in [1.54, 1.807) is 0 Å². The zero-order valence-corrected chi connectivity index (χ0v) is 12.7. The molecule has 3 heteroatoms. The number of aromatic amines is 1. The predicted molar refractivity (Wildman–Crippen MR) is 86.6 cm³/mol. The van der Waals surface area contributed by atoms with E-state index < -0.39 is 0 Å². The number of rotatable bonds is 4. The van der Waals surface area contributed by atoms with E-state index in [2.05, 4.69) is 42.9 Å². The molecule has 0 spiro atoms. The Bertz CT molecular complexity index is 742. The molecule has 108 valence electrons. The van der Waals surface area contributed by atoms with Gasteiger partial charge in [-0.25, -0.2) is 4.98 Å². The second kappa shape index (κ2) is 5.60. The molecule has 0 aliphatic rings. The smallest absolute Gasteiger partial charge is 0.138 e. The predicted octanol–water partition coefficient (Wildman–Crippen LogP) is 4.57. The first-order valence-electron chi connectivity index (χ1n) is 7.31. The number of aromatic nitrogens is 2. The van der Waals surface area contributed by atoms with Crippen LogP contribution in [-0.2, 0) is 0 Å². The number of nitrogens with zero attached hydrogens (tertiary/aromatic N) is 1. The molecule has 0 saturated heterocycles. The molecule has 21 heavy (non-hydrogen) atoms. The van der Waals surface area contributed by atoms with Crippen LogP contribution in [0.3, 0.4) is 0 Å². The number of fused-ring (bicyclic) bond motifs is 1. The van der Waals surface area contributed by atoms with E-state index in [4.69, 9.17) is 4.74 Å². The van der Waals surface area contributed by atoms with Crippen LogP contribution in [0.25, 0.3) is 22.4 Å². The third-order valence-electron chi connectivity index (χ3n) is 3.35. The van der Waals surface area contributed by atoms with E-state index in [0.717, 1.165) is 34.8 Å². The van der Waals surface area contributed by atoms with Crippen molar-refractivity contribution in [1.82, 2.24) is 9.97 Å². The van der Waals surface area contributed by atoms with Crippen molar-refractivity contribution >= 4 is 11.0 Å². The largest absolute Gasteiger partial charge is 0.493 e. The average molecular weight is 280 g/mol. The molecule has 3 rings (SSSR count). The summed E-state index contributed by atoms with van der Waals surface area (Å²) in [4.78, 5) is 8.00. The number of aryl methyl sites for hydroxylation is 1. The third-order valence-corrected chi connectivity index (χ3v) is 3.35. The molecular formula is C18H20N2O. The first kappa shape index (κ1) is 13.7. The van der Waals surface area contributed by atoms with Crippen molar-refractivity contribution < 1.29 is 4.74 Å². The zero-order chi connectivity index (χ0) is 14.8. The summed E-state index contributed by atoms with van der Waals surface area (Å²) in [6.45, 7) is 7.11. The Kier molecular flexibility index (Phi) is 3.65. The first-order chi connectivity index (χ1) is 10.1. The van der Waals surface area contributed by atoms with Crippen LogP contribution in [0.5, 0.6) is 5.75 Å². The molecule has 1 heterocycles. The molecule has 3 aromatic rings. The van der Waals surface area contributed by atoms with Gasteiger partial charge in [-0.2, -0.15) is 0 Å². The lowest BCUT2D eigenvalue weighted by molar-refractivity contribution is 0.271. The van der Waals surface area contributed by atoms with E-state index in [9.17, 15) is 0 Å². The molecule has 3 nitrogen and oxygen atoms in total. The van der Waals surface area contributed by atoms with E-state index in [-0.39, 0.29) is 0 Å². The zero-order valence-electron chi connectivity index (χ0n) is 12.7. The van der Waals surface area contributed by atoms with Crippen LogP contribution in [0.15, 0.2) is 42.5 Å². The Balaban J connectivity index is 1.85. The lowest BCUT2D eigenvalue weighted by atomic mass is 10.2. The number of hydrogen-bond acceptors (Lipinski definition) is 2. The van der Waals surface area contributed by atoms with Gasteiger partial charge >= 0.3 is 0 Å². The van der Waals surface area contributed by atoms with Crippen molar-refractivity contribution in [3.63, 3.8) is 0 Å². The van der Waals surface area contributed by atoms with E-state index in [0.29, 0.717) is 5.92 Å². The number of ether oxygens (including phenoxy) is 1. The third kappa shape index (κ3) is 3.07. The Hall–Kier alpha value is -2.29. The summed E-state index contributed by atoms with van der Waals surface area (Å²) in [6.07, 6.45) is 0. The van der Waals surface area contributed by atoms with Crippen LogP contribution in [0.4, 0.5) is 0 Å². The maximum atomic E-state index is 5.70. The van der Waals surface area contributed by atoms with Gasteiger partial charge in [-0.1, -0.05) is 19.9 Å². The highest BCUT2D eigenvalue weighted by molar-refractivity contribution is 5.80. The fraction of sp³-hybridized carbons (Fsp3) is 0.278. The van der Waals surface area contributed by atoms with Crippen LogP contribution in [0, 0.1) is 12.8 Å². The summed E-state index contributed by atoms with van der Waals surface area (Å²) < 4.78 is 5.70.